The second-order valence-electron chi connectivity index (χ2n) is 11.9. The Hall–Kier alpha value is -6.25. The van der Waals surface area contributed by atoms with Crippen LogP contribution >= 0.6 is 0 Å². The third kappa shape index (κ3) is 10.7. The van der Waals surface area contributed by atoms with E-state index < -0.39 is 29.7 Å². The summed E-state index contributed by atoms with van der Waals surface area (Å²) < 4.78 is 57.7. The Morgan fingerprint density at radius 1 is 0.455 bits per heavy atom. The summed E-state index contributed by atoms with van der Waals surface area (Å²) >= 11 is 0. The van der Waals surface area contributed by atoms with Gasteiger partial charge < -0.3 is 37.9 Å². The summed E-state index contributed by atoms with van der Waals surface area (Å²) in [7, 11) is 5.58. The maximum Gasteiger partial charge on any atom is 0.341 e. The van der Waals surface area contributed by atoms with Gasteiger partial charge in [0.05, 0.1) is 48.7 Å². The van der Waals surface area contributed by atoms with Crippen molar-refractivity contribution in [3.63, 3.8) is 0 Å². The molecule has 0 unspecified atom stereocenters. The molecule has 4 rings (SSSR count). The van der Waals surface area contributed by atoms with Gasteiger partial charge in [0.1, 0.15) is 5.82 Å². The molecule has 0 radical (unpaired) electrons. The van der Waals surface area contributed by atoms with Crippen molar-refractivity contribution in [3.8, 4) is 45.3 Å². The van der Waals surface area contributed by atoms with Crippen molar-refractivity contribution < 1.29 is 61.5 Å². The fourth-order valence-corrected chi connectivity index (χ4v) is 4.98. The Bertz CT molecular complexity index is 2180. The zero-order valence-electron chi connectivity index (χ0n) is 30.8. The summed E-state index contributed by atoms with van der Waals surface area (Å²) in [6.07, 6.45) is 0. The van der Waals surface area contributed by atoms with E-state index in [1.807, 2.05) is 0 Å². The first-order valence-electron chi connectivity index (χ1n) is 16.4. The van der Waals surface area contributed by atoms with Gasteiger partial charge in [0, 0.05) is 33.8 Å². The van der Waals surface area contributed by atoms with Crippen LogP contribution in [0.25, 0.3) is 33.0 Å². The molecule has 0 aliphatic rings. The van der Waals surface area contributed by atoms with Crippen molar-refractivity contribution in [1.29, 1.82) is 0 Å². The first-order valence-corrected chi connectivity index (χ1v) is 16.4. The first-order chi connectivity index (χ1) is 26.3. The summed E-state index contributed by atoms with van der Waals surface area (Å²) in [5.41, 5.74) is 1.97. The predicted octanol–water partition coefficient (Wildman–Crippen LogP) is 6.74. The summed E-state index contributed by atoms with van der Waals surface area (Å²) in [5.74, 6) is -4.23. The highest BCUT2D eigenvalue weighted by atomic mass is 19.1. The van der Waals surface area contributed by atoms with Gasteiger partial charge in [-0.3, -0.25) is 0 Å². The lowest BCUT2D eigenvalue weighted by atomic mass is 9.97. The minimum Gasteiger partial charge on any atom is -0.419 e. The lowest BCUT2D eigenvalue weighted by Crippen LogP contribution is -2.17. The van der Waals surface area contributed by atoms with Crippen LogP contribution in [0.1, 0.15) is 0 Å². The second-order valence-corrected chi connectivity index (χ2v) is 11.9. The van der Waals surface area contributed by atoms with Crippen molar-refractivity contribution in [2.24, 2.45) is 0 Å². The van der Waals surface area contributed by atoms with E-state index in [9.17, 15) is 19.2 Å². The van der Waals surface area contributed by atoms with E-state index in [0.717, 1.165) is 0 Å². The molecule has 0 saturated heterocycles. The molecule has 0 amide bonds. The van der Waals surface area contributed by atoms with Crippen molar-refractivity contribution >= 4 is 34.6 Å². The summed E-state index contributed by atoms with van der Waals surface area (Å²) in [5, 5.41) is 0.770. The monoisotopic (exact) mass is 754 g/mol. The fourth-order valence-electron chi connectivity index (χ4n) is 4.98. The molecule has 0 spiro atoms. The molecule has 4 aromatic rings. The van der Waals surface area contributed by atoms with Gasteiger partial charge in [-0.25, -0.2) is 23.6 Å². The normalized spacial score (nSPS) is 10.7. The molecule has 0 atom stereocenters. The highest BCUT2D eigenvalue weighted by Gasteiger charge is 2.21. The molecule has 0 aliphatic carbocycles. The van der Waals surface area contributed by atoms with Crippen molar-refractivity contribution in [1.82, 2.24) is 0 Å². The van der Waals surface area contributed by atoms with Crippen LogP contribution in [0.5, 0.6) is 23.0 Å². The standard InChI is InChI=1S/C42H39FO12/c1-24(20-48-5)39(44)52-35-13-11-29(18-37(35)54-41(46)26(3)22-50-7)28-9-10-31-15-32(17-34(43)33(31)16-28)30-12-14-36(53-40(45)25(2)21-49-6)38(19-30)55-42(47)27(4)23-51-8/h9-19H,1-4,20-23H2,5-8H3. The second kappa shape index (κ2) is 19.2. The van der Waals surface area contributed by atoms with Gasteiger partial charge in [-0.2, -0.15) is 0 Å². The largest absolute Gasteiger partial charge is 0.419 e. The van der Waals surface area contributed by atoms with Crippen molar-refractivity contribution in [2.45, 2.75) is 0 Å². The molecule has 4 aromatic carbocycles. The van der Waals surface area contributed by atoms with Crippen LogP contribution in [0.2, 0.25) is 0 Å². The van der Waals surface area contributed by atoms with Gasteiger partial charge in [0.15, 0.2) is 23.0 Å². The number of halogens is 1. The molecule has 12 nitrogen and oxygen atoms in total. The molecular formula is C42H39FO12. The number of ether oxygens (including phenoxy) is 8. The lowest BCUT2D eigenvalue weighted by Gasteiger charge is -2.15. The molecule has 55 heavy (non-hydrogen) atoms. The molecule has 0 heterocycles. The number of rotatable bonds is 18. The van der Waals surface area contributed by atoms with E-state index in [2.05, 4.69) is 26.3 Å². The highest BCUT2D eigenvalue weighted by Crippen LogP contribution is 2.38. The first kappa shape index (κ1) is 41.5. The third-order valence-electron chi connectivity index (χ3n) is 7.70. The lowest BCUT2D eigenvalue weighted by molar-refractivity contribution is -0.133. The summed E-state index contributed by atoms with van der Waals surface area (Å²) in [4.78, 5) is 50.7. The van der Waals surface area contributed by atoms with Crippen LogP contribution in [-0.2, 0) is 38.1 Å². The van der Waals surface area contributed by atoms with Crippen molar-refractivity contribution in [3.05, 3.63) is 121 Å². The molecule has 286 valence electrons. The van der Waals surface area contributed by atoms with E-state index in [1.165, 1.54) is 58.8 Å². The molecule has 0 aromatic heterocycles. The number of carbonyl (C=O) groups excluding carboxylic acids is 4. The quantitative estimate of drug-likeness (QED) is 0.0603. The molecule has 0 bridgehead atoms. The van der Waals surface area contributed by atoms with Gasteiger partial charge in [0.2, 0.25) is 0 Å². The number of hydrogen-bond acceptors (Lipinski definition) is 12. The summed E-state index contributed by atoms with van der Waals surface area (Å²) in [6.45, 7) is 14.2. The van der Waals surface area contributed by atoms with Crippen LogP contribution in [-0.4, -0.2) is 78.7 Å². The van der Waals surface area contributed by atoms with Gasteiger partial charge in [-0.15, -0.1) is 0 Å². The smallest absolute Gasteiger partial charge is 0.341 e. The Kier molecular flexibility index (Phi) is 14.5. The van der Waals surface area contributed by atoms with Gasteiger partial charge in [-0.1, -0.05) is 50.6 Å². The minimum atomic E-state index is -0.829. The predicted molar refractivity (Wildman–Crippen MR) is 201 cm³/mol. The Labute approximate surface area is 316 Å². The molecule has 0 fully saturated rings. The van der Waals surface area contributed by atoms with Gasteiger partial charge in [-0.05, 0) is 70.1 Å². The molecule has 0 aliphatic heterocycles. The number of esters is 4. The summed E-state index contributed by atoms with van der Waals surface area (Å²) in [6, 6.07) is 17.0. The molecular weight excluding hydrogens is 715 g/mol. The van der Waals surface area contributed by atoms with E-state index in [4.69, 9.17) is 37.9 Å². The number of hydrogen-bond donors (Lipinski definition) is 0. The minimum absolute atomic E-state index is 0.00647. The average molecular weight is 755 g/mol. The third-order valence-corrected chi connectivity index (χ3v) is 7.70. The van der Waals surface area contributed by atoms with Crippen LogP contribution in [0, 0.1) is 5.82 Å². The van der Waals surface area contributed by atoms with Crippen LogP contribution in [0.15, 0.2) is 115 Å². The van der Waals surface area contributed by atoms with Crippen molar-refractivity contribution in [2.75, 3.05) is 54.9 Å². The van der Waals surface area contributed by atoms with Gasteiger partial charge in [0.25, 0.3) is 0 Å². The Morgan fingerprint density at radius 3 is 1.20 bits per heavy atom. The fraction of sp³-hybridized carbons (Fsp3) is 0.190. The Balaban J connectivity index is 1.72. The van der Waals surface area contributed by atoms with Gasteiger partial charge >= 0.3 is 23.9 Å². The van der Waals surface area contributed by atoms with Crippen LogP contribution < -0.4 is 18.9 Å². The molecule has 0 N–H and O–H groups in total. The zero-order chi connectivity index (χ0) is 40.2. The average Bonchev–Trinajstić information content (AvgIpc) is 3.16. The zero-order valence-corrected chi connectivity index (χ0v) is 30.8. The number of carbonyl (C=O) groups is 4. The van der Waals surface area contributed by atoms with Crippen LogP contribution in [0.4, 0.5) is 4.39 Å². The van der Waals surface area contributed by atoms with E-state index in [1.54, 1.807) is 36.4 Å². The topological polar surface area (TPSA) is 142 Å². The molecule has 13 heteroatoms. The number of fused-ring (bicyclic) bond motifs is 1. The Morgan fingerprint density at radius 2 is 0.800 bits per heavy atom. The number of methoxy groups -OCH3 is 4. The number of benzene rings is 4. The maximum absolute atomic E-state index is 15.9. The maximum atomic E-state index is 15.9. The highest BCUT2D eigenvalue weighted by molar-refractivity contribution is 5.95. The van der Waals surface area contributed by atoms with E-state index in [-0.39, 0.29) is 77.1 Å². The van der Waals surface area contributed by atoms with E-state index in [0.29, 0.717) is 27.6 Å². The van der Waals surface area contributed by atoms with Crippen LogP contribution in [0.3, 0.4) is 0 Å². The SMILES string of the molecule is C=C(COC)C(=O)Oc1ccc(-c2cc(F)c3cc(-c4ccc(OC(=O)C(=C)COC)c(OC(=O)C(=C)COC)c4)ccc3c2)cc1OC(=O)C(=C)COC. The van der Waals surface area contributed by atoms with E-state index >= 15 is 4.39 Å². The molecule has 0 saturated carbocycles.